The molecule has 22 heavy (non-hydrogen) atoms. The van der Waals surface area contributed by atoms with Crippen molar-refractivity contribution in [3.05, 3.63) is 48.0 Å². The number of halogens is 1. The molecule has 1 aliphatic heterocycles. The average Bonchev–Trinajstić information content (AvgIpc) is 3.08. The van der Waals surface area contributed by atoms with Gasteiger partial charge in [0.2, 0.25) is 0 Å². The van der Waals surface area contributed by atoms with Crippen molar-refractivity contribution in [3.8, 4) is 0 Å². The van der Waals surface area contributed by atoms with E-state index in [1.807, 2.05) is 41.3 Å². The van der Waals surface area contributed by atoms with Gasteiger partial charge < -0.3 is 4.90 Å². The number of hydrogen-bond acceptors (Lipinski definition) is 4. The van der Waals surface area contributed by atoms with Gasteiger partial charge in [-0.3, -0.25) is 4.68 Å². The summed E-state index contributed by atoms with van der Waals surface area (Å²) in [4.78, 5) is 11.2. The first-order valence-corrected chi connectivity index (χ1v) is 7.83. The topological polar surface area (TPSA) is 46.8 Å². The van der Waals surface area contributed by atoms with Crippen LogP contribution in [0.2, 0.25) is 5.02 Å². The SMILES string of the molecule is Clc1ccc2c(N3CCCC(n4cccn4)C3)ncnc2c1. The molecule has 2 aromatic heterocycles. The molecule has 1 unspecified atom stereocenters. The molecule has 3 heterocycles. The van der Waals surface area contributed by atoms with Gasteiger partial charge in [0.05, 0.1) is 11.6 Å². The van der Waals surface area contributed by atoms with Crippen molar-refractivity contribution in [2.45, 2.75) is 18.9 Å². The Labute approximate surface area is 133 Å². The maximum absolute atomic E-state index is 6.06. The minimum absolute atomic E-state index is 0.390. The van der Waals surface area contributed by atoms with Crippen LogP contribution in [0.15, 0.2) is 43.0 Å². The van der Waals surface area contributed by atoms with E-state index >= 15 is 0 Å². The molecule has 1 saturated heterocycles. The summed E-state index contributed by atoms with van der Waals surface area (Å²) in [5.41, 5.74) is 0.888. The van der Waals surface area contributed by atoms with Gasteiger partial charge in [-0.25, -0.2) is 9.97 Å². The van der Waals surface area contributed by atoms with Gasteiger partial charge in [0, 0.05) is 35.9 Å². The molecular weight excluding hydrogens is 298 g/mol. The molecule has 4 rings (SSSR count). The van der Waals surface area contributed by atoms with Crippen molar-refractivity contribution in [1.29, 1.82) is 0 Å². The Morgan fingerprint density at radius 2 is 2.18 bits per heavy atom. The van der Waals surface area contributed by atoms with Crippen molar-refractivity contribution in [2.24, 2.45) is 0 Å². The van der Waals surface area contributed by atoms with E-state index in [1.54, 1.807) is 6.33 Å². The third-order valence-corrected chi connectivity index (χ3v) is 4.41. The first-order chi connectivity index (χ1) is 10.8. The minimum atomic E-state index is 0.390. The highest BCUT2D eigenvalue weighted by Gasteiger charge is 2.23. The van der Waals surface area contributed by atoms with Crippen molar-refractivity contribution in [3.63, 3.8) is 0 Å². The fourth-order valence-electron chi connectivity index (χ4n) is 3.13. The molecule has 1 fully saturated rings. The van der Waals surface area contributed by atoms with Crippen LogP contribution in [0.4, 0.5) is 5.82 Å². The molecular formula is C16H16ClN5. The second kappa shape index (κ2) is 5.57. The fourth-order valence-corrected chi connectivity index (χ4v) is 3.29. The first-order valence-electron chi connectivity index (χ1n) is 7.45. The second-order valence-corrected chi connectivity index (χ2v) is 6.02. The molecule has 1 aliphatic rings. The standard InChI is InChI=1S/C16H16ClN5/c17-12-4-5-14-15(9-12)18-11-19-16(14)21-7-1-3-13(10-21)22-8-2-6-20-22/h2,4-6,8-9,11,13H,1,3,7,10H2. The largest absolute Gasteiger partial charge is 0.354 e. The highest BCUT2D eigenvalue weighted by atomic mass is 35.5. The number of benzene rings is 1. The lowest BCUT2D eigenvalue weighted by Gasteiger charge is -2.34. The van der Waals surface area contributed by atoms with Crippen LogP contribution in [0.25, 0.3) is 10.9 Å². The van der Waals surface area contributed by atoms with Crippen LogP contribution in [0, 0.1) is 0 Å². The van der Waals surface area contributed by atoms with E-state index < -0.39 is 0 Å². The summed E-state index contributed by atoms with van der Waals surface area (Å²) >= 11 is 6.06. The maximum Gasteiger partial charge on any atom is 0.139 e. The zero-order valence-corrected chi connectivity index (χ0v) is 12.8. The van der Waals surface area contributed by atoms with Crippen LogP contribution in [-0.4, -0.2) is 32.8 Å². The number of hydrogen-bond donors (Lipinski definition) is 0. The highest BCUT2D eigenvalue weighted by molar-refractivity contribution is 6.31. The van der Waals surface area contributed by atoms with Crippen molar-refractivity contribution in [2.75, 3.05) is 18.0 Å². The lowest BCUT2D eigenvalue weighted by Crippen LogP contribution is -2.37. The van der Waals surface area contributed by atoms with Gasteiger partial charge in [0.1, 0.15) is 12.1 Å². The molecule has 0 bridgehead atoms. The maximum atomic E-state index is 6.06. The molecule has 0 spiro atoms. The Kier molecular flexibility index (Phi) is 3.42. The predicted octanol–water partition coefficient (Wildman–Crippen LogP) is 3.32. The summed E-state index contributed by atoms with van der Waals surface area (Å²) < 4.78 is 2.05. The molecule has 1 atom stereocenters. The second-order valence-electron chi connectivity index (χ2n) is 5.59. The van der Waals surface area contributed by atoms with E-state index in [0.29, 0.717) is 11.1 Å². The predicted molar refractivity (Wildman–Crippen MR) is 87.3 cm³/mol. The molecule has 112 valence electrons. The number of anilines is 1. The van der Waals surface area contributed by atoms with Gasteiger partial charge in [-0.1, -0.05) is 11.6 Å². The third kappa shape index (κ3) is 2.41. The summed E-state index contributed by atoms with van der Waals surface area (Å²) in [6, 6.07) is 8.15. The monoisotopic (exact) mass is 313 g/mol. The van der Waals surface area contributed by atoms with Gasteiger partial charge in [0.15, 0.2) is 0 Å². The normalized spacial score (nSPS) is 18.8. The van der Waals surface area contributed by atoms with E-state index in [1.165, 1.54) is 0 Å². The summed E-state index contributed by atoms with van der Waals surface area (Å²) in [5.74, 6) is 0.985. The quantitative estimate of drug-likeness (QED) is 0.728. The summed E-state index contributed by atoms with van der Waals surface area (Å²) in [6.45, 7) is 1.92. The van der Waals surface area contributed by atoms with E-state index in [2.05, 4.69) is 20.0 Å². The Morgan fingerprint density at radius 1 is 1.23 bits per heavy atom. The van der Waals surface area contributed by atoms with Gasteiger partial charge in [0.25, 0.3) is 0 Å². The highest BCUT2D eigenvalue weighted by Crippen LogP contribution is 2.30. The van der Waals surface area contributed by atoms with Crippen LogP contribution in [0.3, 0.4) is 0 Å². The zero-order valence-electron chi connectivity index (χ0n) is 12.1. The molecule has 5 nitrogen and oxygen atoms in total. The van der Waals surface area contributed by atoms with E-state index in [4.69, 9.17) is 11.6 Å². The van der Waals surface area contributed by atoms with Crippen molar-refractivity contribution >= 4 is 28.3 Å². The molecule has 6 heteroatoms. The van der Waals surface area contributed by atoms with Crippen molar-refractivity contribution in [1.82, 2.24) is 19.7 Å². The minimum Gasteiger partial charge on any atom is -0.354 e. The van der Waals surface area contributed by atoms with Gasteiger partial charge >= 0.3 is 0 Å². The van der Waals surface area contributed by atoms with Crippen LogP contribution >= 0.6 is 11.6 Å². The molecule has 0 N–H and O–H groups in total. The van der Waals surface area contributed by atoms with E-state index in [9.17, 15) is 0 Å². The number of rotatable bonds is 2. The molecule has 0 aliphatic carbocycles. The smallest absolute Gasteiger partial charge is 0.139 e. The van der Waals surface area contributed by atoms with Crippen LogP contribution in [0.5, 0.6) is 0 Å². The van der Waals surface area contributed by atoms with Crippen LogP contribution in [0.1, 0.15) is 18.9 Å². The summed E-state index contributed by atoms with van der Waals surface area (Å²) in [5, 5.41) is 6.13. The first kappa shape index (κ1) is 13.5. The van der Waals surface area contributed by atoms with Gasteiger partial charge in [-0.2, -0.15) is 5.10 Å². The third-order valence-electron chi connectivity index (χ3n) is 4.17. The molecule has 1 aromatic carbocycles. The van der Waals surface area contributed by atoms with Gasteiger partial charge in [-0.15, -0.1) is 0 Å². The average molecular weight is 314 g/mol. The lowest BCUT2D eigenvalue weighted by atomic mass is 10.1. The summed E-state index contributed by atoms with van der Waals surface area (Å²) in [6.07, 6.45) is 7.76. The molecule has 3 aromatic rings. The van der Waals surface area contributed by atoms with E-state index in [0.717, 1.165) is 42.7 Å². The molecule has 0 saturated carbocycles. The van der Waals surface area contributed by atoms with Gasteiger partial charge in [-0.05, 0) is 37.1 Å². The number of nitrogens with zero attached hydrogens (tertiary/aromatic N) is 5. The van der Waals surface area contributed by atoms with E-state index in [-0.39, 0.29) is 0 Å². The van der Waals surface area contributed by atoms with Crippen molar-refractivity contribution < 1.29 is 0 Å². The van der Waals surface area contributed by atoms with Crippen LogP contribution in [-0.2, 0) is 0 Å². The number of aromatic nitrogens is 4. The Bertz CT molecular complexity index is 786. The Morgan fingerprint density at radius 3 is 3.05 bits per heavy atom. The summed E-state index contributed by atoms with van der Waals surface area (Å²) in [7, 11) is 0. The molecule has 0 amide bonds. The molecule has 0 radical (unpaired) electrons. The number of fused-ring (bicyclic) bond motifs is 1. The Balaban J connectivity index is 1.69. The lowest BCUT2D eigenvalue weighted by molar-refractivity contribution is 0.375. The zero-order chi connectivity index (χ0) is 14.9. The Hall–Kier alpha value is -2.14. The number of piperidine rings is 1. The van der Waals surface area contributed by atoms with Crippen LogP contribution < -0.4 is 4.90 Å². The fraction of sp³-hybridized carbons (Fsp3) is 0.312.